The van der Waals surface area contributed by atoms with E-state index in [-0.39, 0.29) is 11.8 Å². The molecule has 1 aromatic heterocycles. The van der Waals surface area contributed by atoms with Gasteiger partial charge in [0.05, 0.1) is 5.69 Å². The van der Waals surface area contributed by atoms with Crippen LogP contribution in [0.3, 0.4) is 0 Å². The highest BCUT2D eigenvalue weighted by molar-refractivity contribution is 9.10. The highest BCUT2D eigenvalue weighted by Crippen LogP contribution is 2.26. The van der Waals surface area contributed by atoms with Crippen molar-refractivity contribution in [3.63, 3.8) is 0 Å². The number of rotatable bonds is 3. The van der Waals surface area contributed by atoms with Crippen LogP contribution in [-0.4, -0.2) is 28.2 Å². The van der Waals surface area contributed by atoms with Crippen LogP contribution in [0.25, 0.3) is 11.3 Å². The van der Waals surface area contributed by atoms with Gasteiger partial charge < -0.3 is 0 Å². The number of halogens is 1. The van der Waals surface area contributed by atoms with Gasteiger partial charge in [0.15, 0.2) is 0 Å². The number of benzene rings is 1. The molecule has 0 aliphatic carbocycles. The molecule has 6 heteroatoms. The zero-order chi connectivity index (χ0) is 14.8. The molecule has 1 amide bonds. The van der Waals surface area contributed by atoms with Gasteiger partial charge in [-0.2, -0.15) is 12.6 Å². The molecule has 0 spiro atoms. The zero-order valence-corrected chi connectivity index (χ0v) is 13.7. The van der Waals surface area contributed by atoms with Gasteiger partial charge >= 0.3 is 0 Å². The Balaban J connectivity index is 1.92. The summed E-state index contributed by atoms with van der Waals surface area (Å²) in [5.41, 5.74) is 1.80. The third-order valence-electron chi connectivity index (χ3n) is 3.47. The number of carbonyl (C=O) groups is 1. The molecule has 0 radical (unpaired) electrons. The van der Waals surface area contributed by atoms with Crippen LogP contribution in [0.1, 0.15) is 6.42 Å². The maximum atomic E-state index is 12.1. The molecule has 2 heterocycles. The molecule has 108 valence electrons. The van der Waals surface area contributed by atoms with E-state index in [2.05, 4.69) is 38.5 Å². The van der Waals surface area contributed by atoms with Gasteiger partial charge in [0.2, 0.25) is 11.9 Å². The molecule has 21 heavy (non-hydrogen) atoms. The second kappa shape index (κ2) is 6.15. The van der Waals surface area contributed by atoms with Crippen molar-refractivity contribution in [2.45, 2.75) is 6.42 Å². The van der Waals surface area contributed by atoms with Crippen LogP contribution in [0.5, 0.6) is 0 Å². The Bertz CT molecular complexity index is 679. The minimum atomic E-state index is 0.0699. The van der Waals surface area contributed by atoms with Crippen molar-refractivity contribution in [3.8, 4) is 11.3 Å². The van der Waals surface area contributed by atoms with Crippen molar-refractivity contribution in [2.75, 3.05) is 17.2 Å². The monoisotopic (exact) mass is 363 g/mol. The van der Waals surface area contributed by atoms with Crippen LogP contribution in [0.15, 0.2) is 41.0 Å². The Kier molecular flexibility index (Phi) is 4.26. The molecule has 1 saturated heterocycles. The van der Waals surface area contributed by atoms with Crippen LogP contribution < -0.4 is 4.90 Å². The summed E-state index contributed by atoms with van der Waals surface area (Å²) in [5, 5.41) is 0. The van der Waals surface area contributed by atoms with E-state index >= 15 is 0 Å². The molecular formula is C15H14BrN3OS. The Morgan fingerprint density at radius 3 is 2.95 bits per heavy atom. The van der Waals surface area contributed by atoms with E-state index in [1.54, 1.807) is 11.1 Å². The number of hydrogen-bond donors (Lipinski definition) is 1. The van der Waals surface area contributed by atoms with Crippen molar-refractivity contribution in [1.82, 2.24) is 9.97 Å². The summed E-state index contributed by atoms with van der Waals surface area (Å²) >= 11 is 7.73. The number of carbonyl (C=O) groups excluding carboxylic acids is 1. The number of aromatic nitrogens is 2. The van der Waals surface area contributed by atoms with E-state index in [0.29, 0.717) is 24.7 Å². The van der Waals surface area contributed by atoms with Gasteiger partial charge in [-0.15, -0.1) is 0 Å². The van der Waals surface area contributed by atoms with Gasteiger partial charge in [0.1, 0.15) is 0 Å². The summed E-state index contributed by atoms with van der Waals surface area (Å²) < 4.78 is 0.993. The maximum absolute atomic E-state index is 12.1. The van der Waals surface area contributed by atoms with Crippen molar-refractivity contribution in [3.05, 3.63) is 41.0 Å². The molecular weight excluding hydrogens is 350 g/mol. The van der Waals surface area contributed by atoms with Crippen molar-refractivity contribution < 1.29 is 4.79 Å². The van der Waals surface area contributed by atoms with Gasteiger partial charge in [0, 0.05) is 29.2 Å². The Labute approximate surface area is 137 Å². The molecule has 2 aromatic rings. The fourth-order valence-corrected chi connectivity index (χ4v) is 3.03. The first-order valence-electron chi connectivity index (χ1n) is 6.67. The predicted molar refractivity (Wildman–Crippen MR) is 89.5 cm³/mol. The number of thiol groups is 1. The molecule has 1 aliphatic rings. The largest absolute Gasteiger partial charge is 0.280 e. The smallest absolute Gasteiger partial charge is 0.232 e. The average Bonchev–Trinajstić information content (AvgIpc) is 2.89. The molecule has 1 unspecified atom stereocenters. The van der Waals surface area contributed by atoms with Gasteiger partial charge in [0.25, 0.3) is 0 Å². The van der Waals surface area contributed by atoms with E-state index in [1.807, 2.05) is 30.3 Å². The Morgan fingerprint density at radius 2 is 2.24 bits per heavy atom. The van der Waals surface area contributed by atoms with Crippen LogP contribution in [0.2, 0.25) is 0 Å². The number of nitrogens with zero attached hydrogens (tertiary/aromatic N) is 3. The molecule has 0 saturated carbocycles. The molecule has 4 nitrogen and oxygen atoms in total. The van der Waals surface area contributed by atoms with E-state index in [4.69, 9.17) is 0 Å². The minimum absolute atomic E-state index is 0.0699. The molecule has 1 atom stereocenters. The van der Waals surface area contributed by atoms with Gasteiger partial charge in [-0.25, -0.2) is 9.97 Å². The molecule has 0 N–H and O–H groups in total. The molecule has 1 aromatic carbocycles. The summed E-state index contributed by atoms with van der Waals surface area (Å²) in [6.45, 7) is 0.643. The Hall–Kier alpha value is -1.40. The lowest BCUT2D eigenvalue weighted by atomic mass is 10.1. The van der Waals surface area contributed by atoms with Gasteiger partial charge in [-0.1, -0.05) is 28.1 Å². The normalized spacial score (nSPS) is 18.3. The van der Waals surface area contributed by atoms with Gasteiger partial charge in [-0.05, 0) is 29.9 Å². The first kappa shape index (κ1) is 14.5. The average molecular weight is 364 g/mol. The lowest BCUT2D eigenvalue weighted by Gasteiger charge is -2.14. The van der Waals surface area contributed by atoms with Crippen molar-refractivity contribution in [1.29, 1.82) is 0 Å². The summed E-state index contributed by atoms with van der Waals surface area (Å²) in [7, 11) is 0. The first-order valence-corrected chi connectivity index (χ1v) is 8.10. The van der Waals surface area contributed by atoms with Crippen LogP contribution >= 0.6 is 28.6 Å². The molecule has 0 bridgehead atoms. The summed E-state index contributed by atoms with van der Waals surface area (Å²) in [4.78, 5) is 22.5. The second-order valence-corrected chi connectivity index (χ2v) is 6.29. The fourth-order valence-electron chi connectivity index (χ4n) is 2.38. The SMILES string of the molecule is O=C1CC(CS)CN1c1nccc(-c2cccc(Br)c2)n1. The summed E-state index contributed by atoms with van der Waals surface area (Å²) in [6, 6.07) is 9.75. The van der Waals surface area contributed by atoms with Crippen LogP contribution in [-0.2, 0) is 4.79 Å². The topological polar surface area (TPSA) is 46.1 Å². The highest BCUT2D eigenvalue weighted by atomic mass is 79.9. The molecule has 3 rings (SSSR count). The van der Waals surface area contributed by atoms with E-state index in [9.17, 15) is 4.79 Å². The third-order valence-corrected chi connectivity index (χ3v) is 4.48. The van der Waals surface area contributed by atoms with E-state index in [0.717, 1.165) is 15.7 Å². The van der Waals surface area contributed by atoms with Crippen molar-refractivity contribution in [2.24, 2.45) is 5.92 Å². The van der Waals surface area contributed by atoms with Crippen molar-refractivity contribution >= 4 is 40.4 Å². The van der Waals surface area contributed by atoms with E-state index in [1.165, 1.54) is 0 Å². The lowest BCUT2D eigenvalue weighted by molar-refractivity contribution is -0.117. The lowest BCUT2D eigenvalue weighted by Crippen LogP contribution is -2.26. The highest BCUT2D eigenvalue weighted by Gasteiger charge is 2.31. The third kappa shape index (κ3) is 3.11. The number of anilines is 1. The van der Waals surface area contributed by atoms with Gasteiger partial charge in [-0.3, -0.25) is 9.69 Å². The standard InChI is InChI=1S/C15H14BrN3OS/c16-12-3-1-2-11(7-12)13-4-5-17-15(18-13)19-8-10(9-21)6-14(19)20/h1-5,7,10,21H,6,8-9H2. The molecule has 1 aliphatic heterocycles. The summed E-state index contributed by atoms with van der Waals surface area (Å²) in [5.74, 6) is 1.52. The zero-order valence-electron chi connectivity index (χ0n) is 11.2. The number of hydrogen-bond acceptors (Lipinski definition) is 4. The quantitative estimate of drug-likeness (QED) is 0.851. The van der Waals surface area contributed by atoms with E-state index < -0.39 is 0 Å². The molecule has 1 fully saturated rings. The summed E-state index contributed by atoms with van der Waals surface area (Å²) in [6.07, 6.45) is 2.22. The maximum Gasteiger partial charge on any atom is 0.232 e. The second-order valence-electron chi connectivity index (χ2n) is 5.01. The van der Waals surface area contributed by atoms with Crippen LogP contribution in [0.4, 0.5) is 5.95 Å². The minimum Gasteiger partial charge on any atom is -0.280 e. The predicted octanol–water partition coefficient (Wildman–Crippen LogP) is 3.19. The fraction of sp³-hybridized carbons (Fsp3) is 0.267. The first-order chi connectivity index (χ1) is 10.2. The Morgan fingerprint density at radius 1 is 1.38 bits per heavy atom. The van der Waals surface area contributed by atoms with Crippen LogP contribution in [0, 0.1) is 5.92 Å². The number of amides is 1.